The van der Waals surface area contributed by atoms with E-state index >= 15 is 0 Å². The fourth-order valence-corrected chi connectivity index (χ4v) is 4.58. The lowest BCUT2D eigenvalue weighted by molar-refractivity contribution is -0.291. The maximum absolute atomic E-state index is 13.9. The van der Waals surface area contributed by atoms with Crippen molar-refractivity contribution in [3.63, 3.8) is 0 Å². The molecule has 0 N–H and O–H groups in total. The molecule has 0 aliphatic heterocycles. The van der Waals surface area contributed by atoms with Gasteiger partial charge in [-0.1, -0.05) is 16.8 Å². The highest BCUT2D eigenvalue weighted by atomic mass is 35.5. The summed E-state index contributed by atoms with van der Waals surface area (Å²) in [4.78, 5) is 14.7. The number of hydrogen-bond donors (Lipinski definition) is 0. The van der Waals surface area contributed by atoms with Gasteiger partial charge in [0.2, 0.25) is 0 Å². The zero-order chi connectivity index (χ0) is 23.6. The van der Waals surface area contributed by atoms with Gasteiger partial charge < -0.3 is 9.42 Å². The van der Waals surface area contributed by atoms with Gasteiger partial charge in [0.25, 0.3) is 5.91 Å². The number of aryl methyl sites for hydroxylation is 1. The fraction of sp³-hybridized carbons (Fsp3) is 0.421. The Labute approximate surface area is 187 Å². The molecule has 4 rings (SSSR count). The molecule has 3 aromatic heterocycles. The predicted octanol–water partition coefficient (Wildman–Crippen LogP) is 5.65. The standard InChI is InChI=1S/C19H16ClF5N4O2S/c1-8-14(29(3)26-15(8)18(21,22)19(23,24)25)11-7-12(31-27-11)13-6-10(16(20)32-13)17(30)28(2)9-4-5-9/h6-7,9H,4-5H2,1-3H3. The summed E-state index contributed by atoms with van der Waals surface area (Å²) in [6, 6.07) is 3.11. The van der Waals surface area contributed by atoms with Crippen LogP contribution in [0.4, 0.5) is 22.0 Å². The van der Waals surface area contributed by atoms with Crippen LogP contribution < -0.4 is 0 Å². The van der Waals surface area contributed by atoms with Crippen molar-refractivity contribution >= 4 is 28.8 Å². The van der Waals surface area contributed by atoms with Crippen molar-refractivity contribution < 1.29 is 31.3 Å². The molecule has 32 heavy (non-hydrogen) atoms. The van der Waals surface area contributed by atoms with Gasteiger partial charge >= 0.3 is 12.1 Å². The number of hydrogen-bond acceptors (Lipinski definition) is 5. The molecule has 1 amide bonds. The van der Waals surface area contributed by atoms with Gasteiger partial charge in [-0.25, -0.2) is 0 Å². The van der Waals surface area contributed by atoms with E-state index in [9.17, 15) is 26.7 Å². The van der Waals surface area contributed by atoms with Crippen molar-refractivity contribution in [1.82, 2.24) is 19.8 Å². The molecule has 0 saturated heterocycles. The van der Waals surface area contributed by atoms with Crippen LogP contribution >= 0.6 is 22.9 Å². The number of carbonyl (C=O) groups is 1. The number of thiophene rings is 1. The average Bonchev–Trinajstić information content (AvgIpc) is 3.19. The normalized spacial score (nSPS) is 14.8. The topological polar surface area (TPSA) is 64.2 Å². The third kappa shape index (κ3) is 3.68. The van der Waals surface area contributed by atoms with Gasteiger partial charge in [-0.05, 0) is 25.8 Å². The predicted molar refractivity (Wildman–Crippen MR) is 107 cm³/mol. The summed E-state index contributed by atoms with van der Waals surface area (Å²) in [5.41, 5.74) is -1.51. The fourth-order valence-electron chi connectivity index (χ4n) is 3.38. The van der Waals surface area contributed by atoms with E-state index in [1.54, 1.807) is 11.9 Å². The van der Waals surface area contributed by atoms with Gasteiger partial charge in [0, 0.05) is 31.8 Å². The van der Waals surface area contributed by atoms with Crippen LogP contribution in [0.3, 0.4) is 0 Å². The number of carbonyl (C=O) groups excluding carboxylic acids is 1. The number of aromatic nitrogens is 3. The van der Waals surface area contributed by atoms with E-state index in [0.29, 0.717) is 10.4 Å². The van der Waals surface area contributed by atoms with E-state index in [1.165, 1.54) is 19.2 Å². The van der Waals surface area contributed by atoms with E-state index in [2.05, 4.69) is 10.3 Å². The van der Waals surface area contributed by atoms with Gasteiger partial charge in [0.1, 0.15) is 15.7 Å². The Hall–Kier alpha value is -2.47. The van der Waals surface area contributed by atoms with E-state index in [-0.39, 0.29) is 39.0 Å². The first-order valence-corrected chi connectivity index (χ1v) is 10.5. The molecule has 172 valence electrons. The van der Waals surface area contributed by atoms with Crippen LogP contribution in [0.5, 0.6) is 0 Å². The Kier molecular flexibility index (Phi) is 5.36. The second-order valence-electron chi connectivity index (χ2n) is 7.54. The summed E-state index contributed by atoms with van der Waals surface area (Å²) >= 11 is 7.30. The first-order valence-electron chi connectivity index (χ1n) is 9.35. The lowest BCUT2D eigenvalue weighted by atomic mass is 10.1. The summed E-state index contributed by atoms with van der Waals surface area (Å²) in [7, 11) is 2.93. The lowest BCUT2D eigenvalue weighted by Crippen LogP contribution is -2.34. The minimum Gasteiger partial charge on any atom is -0.355 e. The van der Waals surface area contributed by atoms with Crippen LogP contribution in [0.25, 0.3) is 22.0 Å². The molecule has 0 atom stereocenters. The first kappa shape index (κ1) is 22.7. The second-order valence-corrected chi connectivity index (χ2v) is 9.19. The highest BCUT2D eigenvalue weighted by Crippen LogP contribution is 2.46. The van der Waals surface area contributed by atoms with Crippen LogP contribution in [0, 0.1) is 6.92 Å². The average molecular weight is 495 g/mol. The first-order chi connectivity index (χ1) is 14.8. The summed E-state index contributed by atoms with van der Waals surface area (Å²) in [5, 5.41) is 7.19. The third-order valence-electron chi connectivity index (χ3n) is 5.27. The SMILES string of the molecule is Cc1c(C(F)(F)C(F)(F)F)nn(C)c1-c1cc(-c2cc(C(=O)N(C)C3CC3)c(Cl)s2)on1. The Morgan fingerprint density at radius 1 is 1.28 bits per heavy atom. The smallest absolute Gasteiger partial charge is 0.355 e. The second kappa shape index (κ2) is 7.55. The zero-order valence-electron chi connectivity index (χ0n) is 16.9. The highest BCUT2D eigenvalue weighted by molar-refractivity contribution is 7.19. The highest BCUT2D eigenvalue weighted by Gasteiger charge is 2.61. The van der Waals surface area contributed by atoms with Crippen LogP contribution in [-0.4, -0.2) is 45.0 Å². The van der Waals surface area contributed by atoms with E-state index in [4.69, 9.17) is 16.1 Å². The van der Waals surface area contributed by atoms with Crippen LogP contribution in [0.15, 0.2) is 16.7 Å². The van der Waals surface area contributed by atoms with E-state index in [1.807, 2.05) is 0 Å². The molecule has 3 aromatic rings. The van der Waals surface area contributed by atoms with Crippen molar-refractivity contribution in [3.8, 4) is 22.0 Å². The largest absolute Gasteiger partial charge is 0.459 e. The molecule has 0 unspecified atom stereocenters. The van der Waals surface area contributed by atoms with Crippen LogP contribution in [0.2, 0.25) is 4.34 Å². The summed E-state index contributed by atoms with van der Waals surface area (Å²) in [5.74, 6) is -5.17. The Balaban J connectivity index is 1.67. The van der Waals surface area contributed by atoms with E-state index < -0.39 is 17.8 Å². The zero-order valence-corrected chi connectivity index (χ0v) is 18.5. The maximum Gasteiger partial charge on any atom is 0.459 e. The van der Waals surface area contributed by atoms with Gasteiger partial charge in [-0.3, -0.25) is 9.48 Å². The van der Waals surface area contributed by atoms with Gasteiger partial charge in [-0.2, -0.15) is 27.1 Å². The molecule has 13 heteroatoms. The Morgan fingerprint density at radius 3 is 2.53 bits per heavy atom. The summed E-state index contributed by atoms with van der Waals surface area (Å²) in [6.07, 6.45) is -3.92. The Bertz CT molecular complexity index is 1200. The molecule has 0 aromatic carbocycles. The van der Waals surface area contributed by atoms with Crippen molar-refractivity contribution in [2.45, 2.75) is 37.9 Å². The molecule has 6 nitrogen and oxygen atoms in total. The van der Waals surface area contributed by atoms with Crippen LogP contribution in [-0.2, 0) is 13.0 Å². The molecule has 1 saturated carbocycles. The quantitative estimate of drug-likeness (QED) is 0.430. The molecule has 0 radical (unpaired) electrons. The molecular weight excluding hydrogens is 479 g/mol. The minimum atomic E-state index is -5.79. The Morgan fingerprint density at radius 2 is 1.94 bits per heavy atom. The van der Waals surface area contributed by atoms with Gasteiger partial charge in [-0.15, -0.1) is 11.3 Å². The molecule has 1 fully saturated rings. The molecule has 0 spiro atoms. The molecule has 1 aliphatic rings. The van der Waals surface area contributed by atoms with Crippen LogP contribution in [0.1, 0.15) is 34.5 Å². The number of amides is 1. The van der Waals surface area contributed by atoms with Crippen molar-refractivity contribution in [3.05, 3.63) is 33.3 Å². The number of alkyl halides is 5. The van der Waals surface area contributed by atoms with Crippen molar-refractivity contribution in [1.29, 1.82) is 0 Å². The monoisotopic (exact) mass is 494 g/mol. The summed E-state index contributed by atoms with van der Waals surface area (Å²) in [6.45, 7) is 1.11. The van der Waals surface area contributed by atoms with Gasteiger partial charge in [0.15, 0.2) is 5.76 Å². The number of rotatable bonds is 5. The number of nitrogens with zero attached hydrogens (tertiary/aromatic N) is 4. The third-order valence-corrected chi connectivity index (χ3v) is 6.64. The van der Waals surface area contributed by atoms with Crippen molar-refractivity contribution in [2.24, 2.45) is 7.05 Å². The minimum absolute atomic E-state index is 0.0178. The molecule has 0 bridgehead atoms. The summed E-state index contributed by atoms with van der Waals surface area (Å²) < 4.78 is 72.6. The molecular formula is C19H16ClF5N4O2S. The van der Waals surface area contributed by atoms with E-state index in [0.717, 1.165) is 35.8 Å². The molecule has 3 heterocycles. The molecule has 1 aliphatic carbocycles. The lowest BCUT2D eigenvalue weighted by Gasteiger charge is -2.17. The van der Waals surface area contributed by atoms with Crippen molar-refractivity contribution in [2.75, 3.05) is 7.05 Å². The number of halogens is 6. The van der Waals surface area contributed by atoms with Gasteiger partial charge in [0.05, 0.1) is 16.1 Å². The maximum atomic E-state index is 13.9.